The number of carbonyl (C=O) groups excluding carboxylic acids is 1. The minimum absolute atomic E-state index is 0.138. The summed E-state index contributed by atoms with van der Waals surface area (Å²) in [7, 11) is 2.16. The van der Waals surface area contributed by atoms with Gasteiger partial charge in [0.25, 0.3) is 0 Å². The van der Waals surface area contributed by atoms with Crippen molar-refractivity contribution in [3.05, 3.63) is 35.9 Å². The molecule has 0 radical (unpaired) electrons. The Balaban J connectivity index is 1.15. The second kappa shape index (κ2) is 8.97. The third-order valence-corrected chi connectivity index (χ3v) is 8.14. The van der Waals surface area contributed by atoms with E-state index in [0.29, 0.717) is 12.6 Å². The third kappa shape index (κ3) is 4.44. The van der Waals surface area contributed by atoms with Crippen molar-refractivity contribution in [3.63, 3.8) is 0 Å². The van der Waals surface area contributed by atoms with Crippen molar-refractivity contribution in [1.82, 2.24) is 15.1 Å². The van der Waals surface area contributed by atoms with E-state index in [-0.39, 0.29) is 11.9 Å². The van der Waals surface area contributed by atoms with Crippen LogP contribution in [0.3, 0.4) is 0 Å². The molecule has 0 spiro atoms. The fourth-order valence-electron chi connectivity index (χ4n) is 6.84. The summed E-state index contributed by atoms with van der Waals surface area (Å²) in [6.07, 6.45) is 6.81. The Morgan fingerprint density at radius 1 is 1.10 bits per heavy atom. The van der Waals surface area contributed by atoms with Gasteiger partial charge in [-0.1, -0.05) is 30.3 Å². The lowest BCUT2D eigenvalue weighted by Gasteiger charge is -2.54. The van der Waals surface area contributed by atoms with E-state index in [1.807, 2.05) is 0 Å². The molecule has 1 aliphatic heterocycles. The van der Waals surface area contributed by atoms with Gasteiger partial charge >= 0.3 is 0 Å². The van der Waals surface area contributed by atoms with Crippen molar-refractivity contribution in [2.75, 3.05) is 39.9 Å². The number of likely N-dealkylation sites (N-methyl/N-ethyl adjacent to an activating group) is 1. The molecule has 1 amide bonds. The van der Waals surface area contributed by atoms with E-state index in [1.165, 1.54) is 37.7 Å². The number of nitrogens with zero attached hydrogens (tertiary/aromatic N) is 2. The number of rotatable bonds is 7. The van der Waals surface area contributed by atoms with Gasteiger partial charge in [0, 0.05) is 32.2 Å². The van der Waals surface area contributed by atoms with Crippen LogP contribution in [-0.2, 0) is 16.1 Å². The molecule has 5 nitrogen and oxygen atoms in total. The van der Waals surface area contributed by atoms with E-state index in [4.69, 9.17) is 4.74 Å². The van der Waals surface area contributed by atoms with Crippen molar-refractivity contribution in [1.29, 1.82) is 0 Å². The van der Waals surface area contributed by atoms with Crippen LogP contribution in [0.1, 0.15) is 37.7 Å². The highest BCUT2D eigenvalue weighted by Gasteiger charge is 2.49. The van der Waals surface area contributed by atoms with Crippen molar-refractivity contribution in [2.45, 2.75) is 50.7 Å². The van der Waals surface area contributed by atoms with Gasteiger partial charge in [0.2, 0.25) is 5.91 Å². The molecular formula is C25H37N3O2. The van der Waals surface area contributed by atoms with Gasteiger partial charge in [-0.2, -0.15) is 0 Å². The number of benzene rings is 1. The first-order valence-corrected chi connectivity index (χ1v) is 12.0. The Hall–Kier alpha value is -1.43. The van der Waals surface area contributed by atoms with E-state index in [1.54, 1.807) is 0 Å². The highest BCUT2D eigenvalue weighted by Crippen LogP contribution is 2.53. The fourth-order valence-corrected chi connectivity index (χ4v) is 6.84. The summed E-state index contributed by atoms with van der Waals surface area (Å²) >= 11 is 0. The molecule has 0 unspecified atom stereocenters. The molecule has 5 fully saturated rings. The second-order valence-corrected chi connectivity index (χ2v) is 10.3. The Bertz CT molecular complexity index is 696. The molecule has 1 N–H and O–H groups in total. The molecule has 164 valence electrons. The molecule has 1 heterocycles. The van der Waals surface area contributed by atoms with Crippen LogP contribution in [0.25, 0.3) is 0 Å². The number of hydrogen-bond donors (Lipinski definition) is 1. The lowest BCUT2D eigenvalue weighted by atomic mass is 9.54. The molecule has 0 aromatic heterocycles. The van der Waals surface area contributed by atoms with Gasteiger partial charge in [-0.05, 0) is 68.4 Å². The zero-order valence-corrected chi connectivity index (χ0v) is 18.3. The number of hydrogen-bond acceptors (Lipinski definition) is 4. The van der Waals surface area contributed by atoms with Crippen LogP contribution in [-0.4, -0.2) is 67.7 Å². The van der Waals surface area contributed by atoms with Gasteiger partial charge in [-0.25, -0.2) is 0 Å². The van der Waals surface area contributed by atoms with Crippen molar-refractivity contribution < 1.29 is 9.53 Å². The highest BCUT2D eigenvalue weighted by molar-refractivity contribution is 5.82. The van der Waals surface area contributed by atoms with E-state index in [2.05, 4.69) is 52.5 Å². The molecule has 1 aromatic rings. The second-order valence-electron chi connectivity index (χ2n) is 10.3. The van der Waals surface area contributed by atoms with Crippen LogP contribution in [0, 0.1) is 23.7 Å². The molecule has 4 aliphatic carbocycles. The maximum atomic E-state index is 13.3. The van der Waals surface area contributed by atoms with Crippen LogP contribution in [0.2, 0.25) is 0 Å². The molecule has 4 bridgehead atoms. The largest absolute Gasteiger partial charge is 0.378 e. The zero-order chi connectivity index (χ0) is 20.5. The monoisotopic (exact) mass is 411 g/mol. The van der Waals surface area contributed by atoms with Crippen LogP contribution < -0.4 is 5.32 Å². The van der Waals surface area contributed by atoms with Crippen molar-refractivity contribution in [3.8, 4) is 0 Å². The average Bonchev–Trinajstić information content (AvgIpc) is 2.75. The van der Waals surface area contributed by atoms with Crippen LogP contribution in [0.5, 0.6) is 0 Å². The van der Waals surface area contributed by atoms with Gasteiger partial charge in [0.1, 0.15) is 6.04 Å². The molecule has 4 saturated carbocycles. The molecule has 1 aromatic carbocycles. The Labute approximate surface area is 181 Å². The summed E-state index contributed by atoms with van der Waals surface area (Å²) in [6, 6.07) is 10.9. The lowest BCUT2D eigenvalue weighted by molar-refractivity contribution is -0.136. The maximum Gasteiger partial charge on any atom is 0.239 e. The highest BCUT2D eigenvalue weighted by atomic mass is 16.5. The van der Waals surface area contributed by atoms with E-state index in [9.17, 15) is 4.79 Å². The fraction of sp³-hybridized carbons (Fsp3) is 0.720. The SMILES string of the molecule is CN(CCN1CCOC[C@@H]1C(=O)NC1C2CC3CC(C2)CC1C3)Cc1ccccc1. The Morgan fingerprint density at radius 3 is 2.50 bits per heavy atom. The topological polar surface area (TPSA) is 44.8 Å². The van der Waals surface area contributed by atoms with Gasteiger partial charge in [-0.15, -0.1) is 0 Å². The molecule has 6 rings (SSSR count). The lowest BCUT2D eigenvalue weighted by Crippen LogP contribution is -2.61. The van der Waals surface area contributed by atoms with Gasteiger partial charge < -0.3 is 15.0 Å². The number of nitrogens with one attached hydrogen (secondary N) is 1. The predicted octanol–water partition coefficient (Wildman–Crippen LogP) is 2.76. The predicted molar refractivity (Wildman–Crippen MR) is 118 cm³/mol. The number of ether oxygens (including phenoxy) is 1. The minimum atomic E-state index is -0.138. The molecule has 30 heavy (non-hydrogen) atoms. The average molecular weight is 412 g/mol. The van der Waals surface area contributed by atoms with Gasteiger partial charge in [0.15, 0.2) is 0 Å². The summed E-state index contributed by atoms with van der Waals surface area (Å²) in [6.45, 7) is 4.91. The van der Waals surface area contributed by atoms with Gasteiger partial charge in [-0.3, -0.25) is 9.69 Å². The van der Waals surface area contributed by atoms with Crippen molar-refractivity contribution in [2.24, 2.45) is 23.7 Å². The number of amides is 1. The summed E-state index contributed by atoms with van der Waals surface area (Å²) in [5.74, 6) is 3.53. The number of carbonyl (C=O) groups is 1. The molecule has 1 saturated heterocycles. The Morgan fingerprint density at radius 2 is 1.80 bits per heavy atom. The smallest absolute Gasteiger partial charge is 0.239 e. The number of morpholine rings is 1. The van der Waals surface area contributed by atoms with Gasteiger partial charge in [0.05, 0.1) is 13.2 Å². The zero-order valence-electron chi connectivity index (χ0n) is 18.3. The molecule has 5 aliphatic rings. The molecule has 5 heteroatoms. The van der Waals surface area contributed by atoms with E-state index < -0.39 is 0 Å². The third-order valence-electron chi connectivity index (χ3n) is 8.14. The summed E-state index contributed by atoms with van der Waals surface area (Å²) in [5, 5.41) is 3.51. The maximum absolute atomic E-state index is 13.3. The van der Waals surface area contributed by atoms with Crippen LogP contribution in [0.15, 0.2) is 30.3 Å². The normalized spacial score (nSPS) is 35.7. The standard InChI is InChI=1S/C25H37N3O2/c1-27(16-18-5-3-2-4-6-18)7-8-28-9-10-30-17-23(28)25(29)26-24-21-12-19-11-20(14-21)15-22(24)13-19/h2-6,19-24H,7-17H2,1H3,(H,26,29)/t19?,20?,21?,22?,23-,24?/m1/s1. The first-order valence-electron chi connectivity index (χ1n) is 12.0. The van der Waals surface area contributed by atoms with Crippen LogP contribution in [0.4, 0.5) is 0 Å². The van der Waals surface area contributed by atoms with E-state index in [0.717, 1.165) is 56.5 Å². The Kier molecular flexibility index (Phi) is 6.12. The first kappa shape index (κ1) is 20.5. The van der Waals surface area contributed by atoms with Crippen LogP contribution >= 0.6 is 0 Å². The molecular weight excluding hydrogens is 374 g/mol. The molecule has 1 atom stereocenters. The first-order chi connectivity index (χ1) is 14.7. The summed E-state index contributed by atoms with van der Waals surface area (Å²) < 4.78 is 5.73. The summed E-state index contributed by atoms with van der Waals surface area (Å²) in [5.41, 5.74) is 1.33. The summed E-state index contributed by atoms with van der Waals surface area (Å²) in [4.78, 5) is 18.0. The quantitative estimate of drug-likeness (QED) is 0.749. The van der Waals surface area contributed by atoms with E-state index >= 15 is 0 Å². The van der Waals surface area contributed by atoms with Crippen molar-refractivity contribution >= 4 is 5.91 Å². The minimum Gasteiger partial charge on any atom is -0.378 e.